The van der Waals surface area contributed by atoms with Crippen LogP contribution in [0.25, 0.3) is 0 Å². The van der Waals surface area contributed by atoms with Gasteiger partial charge in [0.05, 0.1) is 5.69 Å². The van der Waals surface area contributed by atoms with Crippen molar-refractivity contribution in [3.8, 4) is 0 Å². The number of nitrogens with one attached hydrogen (secondary N) is 1. The van der Waals surface area contributed by atoms with Gasteiger partial charge in [-0.25, -0.2) is 4.98 Å². The van der Waals surface area contributed by atoms with Gasteiger partial charge >= 0.3 is 0 Å². The zero-order valence-electron chi connectivity index (χ0n) is 15.6. The third-order valence-corrected chi connectivity index (χ3v) is 5.75. The zero-order valence-corrected chi connectivity index (χ0v) is 15.6. The number of aromatic nitrogens is 2. The van der Waals surface area contributed by atoms with Crippen LogP contribution in [0.15, 0.2) is 30.3 Å². The number of hydrogen-bond donors (Lipinski definition) is 2. The molecule has 1 saturated heterocycles. The van der Waals surface area contributed by atoms with Gasteiger partial charge < -0.3 is 16.0 Å². The molecule has 2 aromatic rings. The minimum absolute atomic E-state index is 0.337. The van der Waals surface area contributed by atoms with Gasteiger partial charge in [-0.15, -0.1) is 0 Å². The van der Waals surface area contributed by atoms with Crippen LogP contribution in [0.1, 0.15) is 48.9 Å². The molecule has 2 atom stereocenters. The Bertz CT molecular complexity index is 746. The highest BCUT2D eigenvalue weighted by Crippen LogP contribution is 2.40. The van der Waals surface area contributed by atoms with Crippen molar-refractivity contribution in [2.24, 2.45) is 5.92 Å². The van der Waals surface area contributed by atoms with Crippen molar-refractivity contribution in [3.05, 3.63) is 47.2 Å². The quantitative estimate of drug-likeness (QED) is 0.867. The summed E-state index contributed by atoms with van der Waals surface area (Å²) in [5.74, 6) is 2.53. The minimum atomic E-state index is 0.337. The Morgan fingerprint density at radius 3 is 2.85 bits per heavy atom. The highest BCUT2D eigenvalue weighted by atomic mass is 15.2. The van der Waals surface area contributed by atoms with Gasteiger partial charge in [0.1, 0.15) is 5.82 Å². The molecule has 0 amide bonds. The fraction of sp³-hybridized carbons (Fsp3) is 0.524. The van der Waals surface area contributed by atoms with Gasteiger partial charge in [-0.05, 0) is 50.3 Å². The van der Waals surface area contributed by atoms with E-state index in [4.69, 9.17) is 10.7 Å². The Labute approximate surface area is 156 Å². The predicted octanol–water partition coefficient (Wildman–Crippen LogP) is 2.96. The van der Waals surface area contributed by atoms with Gasteiger partial charge in [0, 0.05) is 24.6 Å². The van der Waals surface area contributed by atoms with Crippen molar-refractivity contribution in [2.45, 2.75) is 38.5 Å². The van der Waals surface area contributed by atoms with Crippen LogP contribution in [-0.4, -0.2) is 36.1 Å². The molecular formula is C21H29N5. The molecule has 4 rings (SSSR count). The Balaban J connectivity index is 1.65. The minimum Gasteiger partial charge on any atom is -0.368 e. The number of nitrogen functional groups attached to an aromatic ring is 1. The van der Waals surface area contributed by atoms with E-state index >= 15 is 0 Å². The Hall–Kier alpha value is -2.14. The number of nitrogens with zero attached hydrogens (tertiary/aromatic N) is 3. The van der Waals surface area contributed by atoms with E-state index in [0.717, 1.165) is 50.5 Å². The summed E-state index contributed by atoms with van der Waals surface area (Å²) in [5.41, 5.74) is 9.96. The SMILES string of the molecule is CCNCC1CCN(c2nc(N)nc3c2CCCC3c2ccccc2)C1. The first-order valence-corrected chi connectivity index (χ1v) is 9.93. The number of fused-ring (bicyclic) bond motifs is 1. The van der Waals surface area contributed by atoms with Crippen LogP contribution in [0.4, 0.5) is 11.8 Å². The molecule has 1 aliphatic carbocycles. The lowest BCUT2D eigenvalue weighted by molar-refractivity contribution is 0.527. The molecule has 0 saturated carbocycles. The number of anilines is 2. The molecule has 5 heteroatoms. The van der Waals surface area contributed by atoms with Gasteiger partial charge in [0.2, 0.25) is 5.95 Å². The van der Waals surface area contributed by atoms with Crippen molar-refractivity contribution in [1.29, 1.82) is 0 Å². The standard InChI is InChI=1S/C21H29N5/c1-2-23-13-15-11-12-26(14-15)20-18-10-6-9-17(16-7-4-3-5-8-16)19(18)24-21(22)25-20/h3-5,7-8,15,17,23H,2,6,9-14H2,1H3,(H2,22,24,25). The molecule has 0 spiro atoms. The normalized spacial score (nSPS) is 22.4. The Kier molecular flexibility index (Phi) is 5.07. The smallest absolute Gasteiger partial charge is 0.222 e. The average molecular weight is 351 g/mol. The monoisotopic (exact) mass is 351 g/mol. The van der Waals surface area contributed by atoms with Gasteiger partial charge in [-0.2, -0.15) is 4.98 Å². The first kappa shape index (κ1) is 17.3. The molecule has 1 aromatic carbocycles. The first-order valence-electron chi connectivity index (χ1n) is 9.93. The maximum atomic E-state index is 6.14. The number of hydrogen-bond acceptors (Lipinski definition) is 5. The highest BCUT2D eigenvalue weighted by molar-refractivity contribution is 5.55. The van der Waals surface area contributed by atoms with Crippen LogP contribution >= 0.6 is 0 Å². The molecule has 2 unspecified atom stereocenters. The van der Waals surface area contributed by atoms with Crippen LogP contribution in [0.2, 0.25) is 0 Å². The summed E-state index contributed by atoms with van der Waals surface area (Å²) in [6.45, 7) is 6.41. The number of benzene rings is 1. The summed E-state index contributed by atoms with van der Waals surface area (Å²) in [7, 11) is 0. The summed E-state index contributed by atoms with van der Waals surface area (Å²) in [5, 5.41) is 3.48. The van der Waals surface area contributed by atoms with Crippen molar-refractivity contribution in [3.63, 3.8) is 0 Å². The second-order valence-electron chi connectivity index (χ2n) is 7.53. The molecular weight excluding hydrogens is 322 g/mol. The second-order valence-corrected chi connectivity index (χ2v) is 7.53. The van der Waals surface area contributed by atoms with Crippen LogP contribution in [-0.2, 0) is 6.42 Å². The van der Waals surface area contributed by atoms with Gasteiger partial charge in [0.15, 0.2) is 0 Å². The largest absolute Gasteiger partial charge is 0.368 e. The zero-order chi connectivity index (χ0) is 17.9. The second kappa shape index (κ2) is 7.62. The Morgan fingerprint density at radius 2 is 2.04 bits per heavy atom. The molecule has 2 aliphatic rings. The Morgan fingerprint density at radius 1 is 1.19 bits per heavy atom. The van der Waals surface area contributed by atoms with E-state index in [1.54, 1.807) is 0 Å². The fourth-order valence-corrected chi connectivity index (χ4v) is 4.47. The van der Waals surface area contributed by atoms with E-state index in [1.807, 2.05) is 0 Å². The fourth-order valence-electron chi connectivity index (χ4n) is 4.47. The van der Waals surface area contributed by atoms with Crippen molar-refractivity contribution >= 4 is 11.8 Å². The molecule has 1 aliphatic heterocycles. The van der Waals surface area contributed by atoms with Crippen molar-refractivity contribution in [2.75, 3.05) is 36.8 Å². The van der Waals surface area contributed by atoms with Crippen molar-refractivity contribution in [1.82, 2.24) is 15.3 Å². The molecule has 1 fully saturated rings. The first-order chi connectivity index (χ1) is 12.8. The lowest BCUT2D eigenvalue weighted by Crippen LogP contribution is -2.29. The van der Waals surface area contributed by atoms with Crippen molar-refractivity contribution < 1.29 is 0 Å². The molecule has 26 heavy (non-hydrogen) atoms. The molecule has 138 valence electrons. The maximum Gasteiger partial charge on any atom is 0.222 e. The molecule has 1 aromatic heterocycles. The van der Waals surface area contributed by atoms with Crippen LogP contribution in [0, 0.1) is 5.92 Å². The summed E-state index contributed by atoms with van der Waals surface area (Å²) in [6, 6.07) is 10.7. The number of rotatable bonds is 5. The molecule has 5 nitrogen and oxygen atoms in total. The third-order valence-electron chi connectivity index (χ3n) is 5.75. The molecule has 0 radical (unpaired) electrons. The van der Waals surface area contributed by atoms with E-state index in [9.17, 15) is 0 Å². The molecule has 3 N–H and O–H groups in total. The maximum absolute atomic E-state index is 6.14. The van der Waals surface area contributed by atoms with Crippen LogP contribution < -0.4 is 16.0 Å². The topological polar surface area (TPSA) is 67.1 Å². The molecule has 2 heterocycles. The van der Waals surface area contributed by atoms with E-state index < -0.39 is 0 Å². The van der Waals surface area contributed by atoms with Crippen LogP contribution in [0.5, 0.6) is 0 Å². The lowest BCUT2D eigenvalue weighted by atomic mass is 9.82. The summed E-state index contributed by atoms with van der Waals surface area (Å²) >= 11 is 0. The van der Waals surface area contributed by atoms with E-state index in [1.165, 1.54) is 24.0 Å². The van der Waals surface area contributed by atoms with E-state index in [-0.39, 0.29) is 0 Å². The summed E-state index contributed by atoms with van der Waals surface area (Å²) < 4.78 is 0. The highest BCUT2D eigenvalue weighted by Gasteiger charge is 2.31. The van der Waals surface area contributed by atoms with E-state index in [2.05, 4.69) is 52.5 Å². The lowest BCUT2D eigenvalue weighted by Gasteiger charge is -2.29. The van der Waals surface area contributed by atoms with Crippen LogP contribution in [0.3, 0.4) is 0 Å². The van der Waals surface area contributed by atoms with E-state index in [0.29, 0.717) is 17.8 Å². The predicted molar refractivity (Wildman–Crippen MR) is 107 cm³/mol. The average Bonchev–Trinajstić information content (AvgIpc) is 3.15. The van der Waals surface area contributed by atoms with Gasteiger partial charge in [-0.3, -0.25) is 0 Å². The number of nitrogens with two attached hydrogens (primary N) is 1. The summed E-state index contributed by atoms with van der Waals surface area (Å²) in [4.78, 5) is 11.8. The van der Waals surface area contributed by atoms with Gasteiger partial charge in [0.25, 0.3) is 0 Å². The molecule has 0 bridgehead atoms. The van der Waals surface area contributed by atoms with Gasteiger partial charge in [-0.1, -0.05) is 37.3 Å². The third kappa shape index (κ3) is 3.40. The summed E-state index contributed by atoms with van der Waals surface area (Å²) in [6.07, 6.45) is 4.59.